The minimum Gasteiger partial charge on any atom is -0.355 e. The Bertz CT molecular complexity index is 871. The summed E-state index contributed by atoms with van der Waals surface area (Å²) in [5.74, 6) is 1.91. The van der Waals surface area contributed by atoms with Crippen molar-refractivity contribution in [2.75, 3.05) is 25.0 Å². The maximum absolute atomic E-state index is 10.9. The highest BCUT2D eigenvalue weighted by molar-refractivity contribution is 5.73. The predicted molar refractivity (Wildman–Crippen MR) is 111 cm³/mol. The Hall–Kier alpha value is -3.49. The molecule has 3 heterocycles. The predicted octanol–water partition coefficient (Wildman–Crippen LogP) is 2.88. The summed E-state index contributed by atoms with van der Waals surface area (Å²) >= 11 is 0. The third-order valence-corrected chi connectivity index (χ3v) is 4.37. The van der Waals surface area contributed by atoms with Gasteiger partial charge in [-0.05, 0) is 31.4 Å². The van der Waals surface area contributed by atoms with Gasteiger partial charge >= 0.3 is 6.03 Å². The van der Waals surface area contributed by atoms with E-state index in [1.807, 2.05) is 42.5 Å². The van der Waals surface area contributed by atoms with Crippen molar-refractivity contribution in [3.05, 3.63) is 54.6 Å². The number of amides is 2. The molecule has 0 aliphatic carbocycles. The average Bonchev–Trinajstić information content (AvgIpc) is 3.29. The second-order valence-corrected chi connectivity index (χ2v) is 6.44. The fourth-order valence-corrected chi connectivity index (χ4v) is 2.86. The highest BCUT2D eigenvalue weighted by Gasteiger charge is 2.11. The molecule has 1 fully saturated rings. The highest BCUT2D eigenvalue weighted by atomic mass is 16.5. The monoisotopic (exact) mass is 397 g/mol. The van der Waals surface area contributed by atoms with E-state index in [2.05, 4.69) is 35.9 Å². The van der Waals surface area contributed by atoms with Crippen molar-refractivity contribution in [3.63, 3.8) is 0 Å². The molecule has 3 aromatic rings. The molecule has 9 nitrogen and oxygen atoms in total. The molecule has 29 heavy (non-hydrogen) atoms. The van der Waals surface area contributed by atoms with Crippen LogP contribution < -0.4 is 15.5 Å². The Morgan fingerprint density at radius 1 is 1.14 bits per heavy atom. The van der Waals surface area contributed by atoms with Crippen LogP contribution in [0.3, 0.4) is 0 Å². The van der Waals surface area contributed by atoms with Crippen LogP contribution in [0.1, 0.15) is 26.6 Å². The summed E-state index contributed by atoms with van der Waals surface area (Å²) in [6.07, 6.45) is 5.65. The first kappa shape index (κ1) is 20.2. The fourth-order valence-electron chi connectivity index (χ4n) is 2.86. The van der Waals surface area contributed by atoms with Crippen molar-refractivity contribution in [1.82, 2.24) is 31.0 Å². The number of hydrogen-bond donors (Lipinski definition) is 2. The zero-order chi connectivity index (χ0) is 20.3. The molecule has 1 aromatic carbocycles. The summed E-state index contributed by atoms with van der Waals surface area (Å²) in [5.41, 5.74) is 0.877. The number of rotatable bonds is 4. The van der Waals surface area contributed by atoms with E-state index >= 15 is 0 Å². The van der Waals surface area contributed by atoms with Crippen molar-refractivity contribution in [2.24, 2.45) is 0 Å². The standard InChI is InChI=1S/C11H12N4O2.C9H13N3.H2/c1-12-11(16)13-7-9-14-10(15-17-9)8-5-3-2-4-6-8;1-2-7-12(8-3-1)9-5-4-6-10-11-9;/h2-6H,7H2,1H3,(H2,12,13,16);4-6H,1-3,7-8H2;1H. The van der Waals surface area contributed by atoms with E-state index in [0.29, 0.717) is 11.7 Å². The molecule has 0 radical (unpaired) electrons. The molecular formula is C20H27N7O2. The van der Waals surface area contributed by atoms with Gasteiger partial charge in [-0.2, -0.15) is 10.1 Å². The van der Waals surface area contributed by atoms with E-state index in [-0.39, 0.29) is 14.0 Å². The molecule has 1 saturated heterocycles. The lowest BCUT2D eigenvalue weighted by atomic mass is 10.1. The molecular weight excluding hydrogens is 370 g/mol. The van der Waals surface area contributed by atoms with E-state index in [0.717, 1.165) is 24.5 Å². The first-order chi connectivity index (χ1) is 14.3. The molecule has 2 N–H and O–H groups in total. The molecule has 1 aliphatic rings. The number of aromatic nitrogens is 4. The minimum atomic E-state index is -0.288. The first-order valence-electron chi connectivity index (χ1n) is 9.62. The van der Waals surface area contributed by atoms with E-state index in [1.54, 1.807) is 13.2 Å². The van der Waals surface area contributed by atoms with E-state index in [1.165, 1.54) is 19.3 Å². The number of carbonyl (C=O) groups excluding carboxylic acids is 1. The van der Waals surface area contributed by atoms with Crippen LogP contribution in [-0.4, -0.2) is 46.5 Å². The molecule has 0 unspecified atom stereocenters. The summed E-state index contributed by atoms with van der Waals surface area (Å²) < 4.78 is 5.01. The van der Waals surface area contributed by atoms with Crippen LogP contribution in [0.4, 0.5) is 10.6 Å². The van der Waals surface area contributed by atoms with Gasteiger partial charge in [0.15, 0.2) is 5.82 Å². The van der Waals surface area contributed by atoms with E-state index in [4.69, 9.17) is 4.52 Å². The lowest BCUT2D eigenvalue weighted by molar-refractivity contribution is 0.240. The number of nitrogens with one attached hydrogen (secondary N) is 2. The zero-order valence-corrected chi connectivity index (χ0v) is 16.4. The average molecular weight is 397 g/mol. The highest BCUT2D eigenvalue weighted by Crippen LogP contribution is 2.15. The SMILES string of the molecule is CNC(=O)NCc1nc(-c2ccccc2)no1.[HH].c1cnnc(N2CCCCC2)c1. The van der Waals surface area contributed by atoms with Crippen molar-refractivity contribution < 1.29 is 10.7 Å². The number of benzene rings is 1. The number of hydrogen-bond acceptors (Lipinski definition) is 7. The summed E-state index contributed by atoms with van der Waals surface area (Å²) in [4.78, 5) is 17.4. The molecule has 1 aliphatic heterocycles. The van der Waals surface area contributed by atoms with Gasteiger partial charge in [0.2, 0.25) is 11.7 Å². The second-order valence-electron chi connectivity index (χ2n) is 6.44. The van der Waals surface area contributed by atoms with Crippen LogP contribution in [0.15, 0.2) is 53.2 Å². The summed E-state index contributed by atoms with van der Waals surface area (Å²) in [6.45, 7) is 2.48. The van der Waals surface area contributed by atoms with Crippen molar-refractivity contribution in [1.29, 1.82) is 0 Å². The number of anilines is 1. The molecule has 0 spiro atoms. The van der Waals surface area contributed by atoms with Gasteiger partial charge < -0.3 is 20.1 Å². The third-order valence-electron chi connectivity index (χ3n) is 4.37. The molecule has 0 saturated carbocycles. The lowest BCUT2D eigenvalue weighted by Gasteiger charge is -2.26. The van der Waals surface area contributed by atoms with Crippen LogP contribution in [0.25, 0.3) is 11.4 Å². The van der Waals surface area contributed by atoms with Gasteiger partial charge in [0.05, 0.1) is 6.54 Å². The number of piperidine rings is 1. The smallest absolute Gasteiger partial charge is 0.314 e. The quantitative estimate of drug-likeness (QED) is 0.697. The first-order valence-corrected chi connectivity index (χ1v) is 9.62. The van der Waals surface area contributed by atoms with Gasteiger partial charge in [-0.1, -0.05) is 35.5 Å². The van der Waals surface area contributed by atoms with Crippen molar-refractivity contribution in [3.8, 4) is 11.4 Å². The number of urea groups is 1. The Morgan fingerprint density at radius 2 is 1.93 bits per heavy atom. The Labute approximate surface area is 171 Å². The topological polar surface area (TPSA) is 109 Å². The van der Waals surface area contributed by atoms with E-state index < -0.39 is 0 Å². The van der Waals surface area contributed by atoms with Crippen LogP contribution in [0, 0.1) is 0 Å². The van der Waals surface area contributed by atoms with Gasteiger partial charge in [-0.25, -0.2) is 4.79 Å². The van der Waals surface area contributed by atoms with Gasteiger partial charge in [0.25, 0.3) is 0 Å². The summed E-state index contributed by atoms with van der Waals surface area (Å²) in [6, 6.07) is 13.2. The van der Waals surface area contributed by atoms with Crippen LogP contribution >= 0.6 is 0 Å². The Kier molecular flexibility index (Phi) is 7.50. The fraction of sp³-hybridized carbons (Fsp3) is 0.350. The summed E-state index contributed by atoms with van der Waals surface area (Å²) in [7, 11) is 1.54. The maximum Gasteiger partial charge on any atom is 0.314 e. The molecule has 2 amide bonds. The van der Waals surface area contributed by atoms with Gasteiger partial charge in [-0.3, -0.25) is 0 Å². The molecule has 0 atom stereocenters. The van der Waals surface area contributed by atoms with Crippen molar-refractivity contribution >= 4 is 11.8 Å². The van der Waals surface area contributed by atoms with Crippen LogP contribution in [0.5, 0.6) is 0 Å². The minimum absolute atomic E-state index is 0. The van der Waals surface area contributed by atoms with Gasteiger partial charge in [-0.15, -0.1) is 5.10 Å². The molecule has 154 valence electrons. The third kappa shape index (κ3) is 6.27. The van der Waals surface area contributed by atoms with E-state index in [9.17, 15) is 4.79 Å². The Morgan fingerprint density at radius 3 is 2.62 bits per heavy atom. The van der Waals surface area contributed by atoms with Gasteiger partial charge in [0.1, 0.15) is 0 Å². The summed E-state index contributed by atoms with van der Waals surface area (Å²) in [5, 5.41) is 16.8. The molecule has 2 aromatic heterocycles. The largest absolute Gasteiger partial charge is 0.355 e. The van der Waals surface area contributed by atoms with Gasteiger partial charge in [0, 0.05) is 33.3 Å². The lowest BCUT2D eigenvalue weighted by Crippen LogP contribution is -2.32. The molecule has 9 heteroatoms. The second kappa shape index (κ2) is 10.7. The van der Waals surface area contributed by atoms with Crippen LogP contribution in [0.2, 0.25) is 0 Å². The Balaban J connectivity index is 0.000000218. The number of nitrogens with zero attached hydrogens (tertiary/aromatic N) is 5. The normalized spacial score (nSPS) is 13.2. The van der Waals surface area contributed by atoms with Crippen LogP contribution in [-0.2, 0) is 6.54 Å². The number of carbonyl (C=O) groups is 1. The maximum atomic E-state index is 10.9. The molecule has 0 bridgehead atoms. The molecule has 4 rings (SSSR count). The van der Waals surface area contributed by atoms with Crippen molar-refractivity contribution in [2.45, 2.75) is 25.8 Å². The zero-order valence-electron chi connectivity index (χ0n) is 16.4.